The first-order valence-corrected chi connectivity index (χ1v) is 10.7. The number of fused-ring (bicyclic) bond motifs is 1. The van der Waals surface area contributed by atoms with Crippen molar-refractivity contribution in [3.05, 3.63) is 71.7 Å². The van der Waals surface area contributed by atoms with Crippen LogP contribution in [-0.4, -0.2) is 48.0 Å². The van der Waals surface area contributed by atoms with Crippen LogP contribution in [0.5, 0.6) is 5.75 Å². The van der Waals surface area contributed by atoms with Crippen molar-refractivity contribution in [2.45, 2.75) is 39.3 Å². The maximum atomic E-state index is 13.3. The lowest BCUT2D eigenvalue weighted by Gasteiger charge is -2.39. The van der Waals surface area contributed by atoms with Gasteiger partial charge < -0.3 is 15.0 Å². The molecule has 5 heteroatoms. The lowest BCUT2D eigenvalue weighted by molar-refractivity contribution is -0.122. The molecular weight excluding hydrogens is 374 g/mol. The number of piperazine rings is 1. The normalized spacial score (nSPS) is 26.9. The molecule has 1 N–H and O–H groups in total. The van der Waals surface area contributed by atoms with E-state index in [0.717, 1.165) is 47.8 Å². The van der Waals surface area contributed by atoms with Crippen molar-refractivity contribution in [2.75, 3.05) is 20.2 Å². The Morgan fingerprint density at radius 3 is 2.33 bits per heavy atom. The summed E-state index contributed by atoms with van der Waals surface area (Å²) in [6.45, 7) is 8.45. The van der Waals surface area contributed by atoms with Crippen molar-refractivity contribution in [1.82, 2.24) is 15.1 Å². The lowest BCUT2D eigenvalue weighted by atomic mass is 9.89. The minimum Gasteiger partial charge on any atom is -0.497 e. The number of allylic oxidation sites excluding steroid dienone is 4. The van der Waals surface area contributed by atoms with E-state index in [1.807, 2.05) is 30.5 Å². The summed E-state index contributed by atoms with van der Waals surface area (Å²) >= 11 is 0. The predicted octanol–water partition coefficient (Wildman–Crippen LogP) is 3.92. The molecule has 4 rings (SSSR count). The Morgan fingerprint density at radius 2 is 1.67 bits per heavy atom. The van der Waals surface area contributed by atoms with Gasteiger partial charge in [0.1, 0.15) is 5.75 Å². The van der Waals surface area contributed by atoms with Gasteiger partial charge in [0.2, 0.25) is 0 Å². The van der Waals surface area contributed by atoms with Gasteiger partial charge in [-0.2, -0.15) is 0 Å². The summed E-state index contributed by atoms with van der Waals surface area (Å²) in [5.41, 5.74) is 4.17. The van der Waals surface area contributed by atoms with E-state index in [1.54, 1.807) is 18.1 Å². The van der Waals surface area contributed by atoms with Gasteiger partial charge >= 0.3 is 0 Å². The van der Waals surface area contributed by atoms with Gasteiger partial charge in [0.05, 0.1) is 12.8 Å². The third-order valence-corrected chi connectivity index (χ3v) is 6.04. The van der Waals surface area contributed by atoms with E-state index in [4.69, 9.17) is 4.74 Å². The second-order valence-electron chi connectivity index (χ2n) is 8.56. The van der Waals surface area contributed by atoms with E-state index in [9.17, 15) is 4.79 Å². The van der Waals surface area contributed by atoms with Crippen molar-refractivity contribution >= 4 is 11.5 Å². The monoisotopic (exact) mass is 405 g/mol. The van der Waals surface area contributed by atoms with Crippen LogP contribution in [0.1, 0.15) is 32.8 Å². The summed E-state index contributed by atoms with van der Waals surface area (Å²) in [5, 5.41) is 3.57. The van der Waals surface area contributed by atoms with Gasteiger partial charge in [-0.25, -0.2) is 0 Å². The summed E-state index contributed by atoms with van der Waals surface area (Å²) in [7, 11) is 1.66. The highest BCUT2D eigenvalue weighted by molar-refractivity contribution is 5.98. The fraction of sp³-hybridized carbons (Fsp3) is 0.400. The van der Waals surface area contributed by atoms with Crippen molar-refractivity contribution in [3.63, 3.8) is 0 Å². The van der Waals surface area contributed by atoms with Crippen LogP contribution in [-0.2, 0) is 4.79 Å². The zero-order valence-electron chi connectivity index (χ0n) is 18.3. The standard InChI is InChI=1S/C25H31N3O2/c1-17-5-8-21-9-10-22(27-14-18(2)26-19(3)15-27)16-28(21)25(29)13-24(17)20-6-11-23(30-4)12-7-20/h6-13,16-19,26H,5,14-15H2,1-4H3. The predicted molar refractivity (Wildman–Crippen MR) is 121 cm³/mol. The van der Waals surface area contributed by atoms with Crippen molar-refractivity contribution in [1.29, 1.82) is 0 Å². The van der Waals surface area contributed by atoms with Gasteiger partial charge in [0.15, 0.2) is 0 Å². The smallest absolute Gasteiger partial charge is 0.255 e. The molecule has 3 unspecified atom stereocenters. The topological polar surface area (TPSA) is 44.8 Å². The van der Waals surface area contributed by atoms with Gasteiger partial charge in [0.25, 0.3) is 5.91 Å². The first-order valence-electron chi connectivity index (χ1n) is 10.7. The van der Waals surface area contributed by atoms with Crippen LogP contribution in [0.25, 0.3) is 5.57 Å². The molecule has 1 fully saturated rings. The van der Waals surface area contributed by atoms with E-state index in [0.29, 0.717) is 12.1 Å². The average molecular weight is 406 g/mol. The van der Waals surface area contributed by atoms with Crippen molar-refractivity contribution < 1.29 is 9.53 Å². The van der Waals surface area contributed by atoms with Crippen molar-refractivity contribution in [3.8, 4) is 5.75 Å². The van der Waals surface area contributed by atoms with Crippen LogP contribution in [0.4, 0.5) is 0 Å². The molecule has 1 aromatic carbocycles. The van der Waals surface area contributed by atoms with Gasteiger partial charge in [-0.15, -0.1) is 0 Å². The number of benzene rings is 1. The molecule has 5 nitrogen and oxygen atoms in total. The first-order chi connectivity index (χ1) is 14.4. The molecular formula is C25H31N3O2. The van der Waals surface area contributed by atoms with E-state index >= 15 is 0 Å². The van der Waals surface area contributed by atoms with E-state index in [1.165, 1.54) is 0 Å². The molecule has 158 valence electrons. The van der Waals surface area contributed by atoms with Crippen LogP contribution in [0.2, 0.25) is 0 Å². The van der Waals surface area contributed by atoms with Gasteiger partial charge in [-0.3, -0.25) is 9.69 Å². The van der Waals surface area contributed by atoms with Gasteiger partial charge in [-0.05, 0) is 61.6 Å². The maximum absolute atomic E-state index is 13.3. The SMILES string of the molecule is COc1ccc(C2=CC(=O)N3C=C(N4CC(C)NC(C)C4)C=CC3=CCC2C)cc1. The number of nitrogens with one attached hydrogen (secondary N) is 1. The zero-order chi connectivity index (χ0) is 21.3. The molecule has 3 aliphatic rings. The third-order valence-electron chi connectivity index (χ3n) is 6.04. The Labute approximate surface area is 179 Å². The minimum absolute atomic E-state index is 0.00306. The van der Waals surface area contributed by atoms with Crippen LogP contribution >= 0.6 is 0 Å². The van der Waals surface area contributed by atoms with E-state index < -0.39 is 0 Å². The lowest BCUT2D eigenvalue weighted by Crippen LogP contribution is -2.53. The second-order valence-corrected chi connectivity index (χ2v) is 8.56. The number of carbonyl (C=O) groups is 1. The number of ether oxygens (including phenoxy) is 1. The molecule has 3 aliphatic heterocycles. The molecule has 3 atom stereocenters. The first kappa shape index (κ1) is 20.5. The van der Waals surface area contributed by atoms with Crippen LogP contribution in [0.3, 0.4) is 0 Å². The fourth-order valence-corrected chi connectivity index (χ4v) is 4.50. The molecule has 0 saturated carbocycles. The third kappa shape index (κ3) is 4.21. The largest absolute Gasteiger partial charge is 0.497 e. The molecule has 30 heavy (non-hydrogen) atoms. The number of methoxy groups -OCH3 is 1. The number of nitrogens with zero attached hydrogens (tertiary/aromatic N) is 2. The number of amides is 1. The van der Waals surface area contributed by atoms with Crippen LogP contribution in [0, 0.1) is 5.92 Å². The van der Waals surface area contributed by atoms with Gasteiger partial charge in [-0.1, -0.05) is 25.1 Å². The van der Waals surface area contributed by atoms with E-state index in [2.05, 4.69) is 49.2 Å². The molecule has 0 spiro atoms. The summed E-state index contributed by atoms with van der Waals surface area (Å²) < 4.78 is 5.28. The fourth-order valence-electron chi connectivity index (χ4n) is 4.50. The highest BCUT2D eigenvalue weighted by atomic mass is 16.5. The van der Waals surface area contributed by atoms with E-state index in [-0.39, 0.29) is 11.8 Å². The highest BCUT2D eigenvalue weighted by Crippen LogP contribution is 2.32. The molecule has 1 amide bonds. The second kappa shape index (κ2) is 8.52. The summed E-state index contributed by atoms with van der Waals surface area (Å²) in [4.78, 5) is 17.4. The summed E-state index contributed by atoms with van der Waals surface area (Å²) in [5.74, 6) is 1.07. The Morgan fingerprint density at radius 1 is 1.00 bits per heavy atom. The molecule has 0 aromatic heterocycles. The Kier molecular flexibility index (Phi) is 5.82. The number of carbonyl (C=O) groups excluding carboxylic acids is 1. The Balaban J connectivity index is 1.63. The Hall–Kier alpha value is -2.79. The average Bonchev–Trinajstić information content (AvgIpc) is 2.74. The van der Waals surface area contributed by atoms with Crippen LogP contribution in [0.15, 0.2) is 66.2 Å². The molecule has 1 aromatic rings. The summed E-state index contributed by atoms with van der Waals surface area (Å²) in [6, 6.07) is 8.79. The minimum atomic E-state index is -0.00306. The quantitative estimate of drug-likeness (QED) is 0.828. The van der Waals surface area contributed by atoms with Crippen molar-refractivity contribution in [2.24, 2.45) is 5.92 Å². The molecule has 3 heterocycles. The van der Waals surface area contributed by atoms with Gasteiger partial charge in [0, 0.05) is 43.1 Å². The summed E-state index contributed by atoms with van der Waals surface area (Å²) in [6.07, 6.45) is 11.1. The Bertz CT molecular complexity index is 916. The number of hydrogen-bond donors (Lipinski definition) is 1. The molecule has 1 saturated heterocycles. The van der Waals surface area contributed by atoms with Crippen LogP contribution < -0.4 is 10.1 Å². The number of rotatable bonds is 3. The molecule has 0 bridgehead atoms. The highest BCUT2D eigenvalue weighted by Gasteiger charge is 2.26. The number of hydrogen-bond acceptors (Lipinski definition) is 4. The molecule has 0 radical (unpaired) electrons. The zero-order valence-corrected chi connectivity index (χ0v) is 18.3. The maximum Gasteiger partial charge on any atom is 0.255 e. The molecule has 0 aliphatic carbocycles.